The van der Waals surface area contributed by atoms with Crippen molar-refractivity contribution in [2.75, 3.05) is 38.3 Å². The molecule has 1 aromatic heterocycles. The van der Waals surface area contributed by atoms with Crippen LogP contribution < -0.4 is 14.4 Å². The van der Waals surface area contributed by atoms with Gasteiger partial charge in [0.1, 0.15) is 13.2 Å². The molecular formula is C19H24N4O2. The third kappa shape index (κ3) is 3.54. The van der Waals surface area contributed by atoms with Gasteiger partial charge >= 0.3 is 0 Å². The predicted molar refractivity (Wildman–Crippen MR) is 96.3 cm³/mol. The SMILES string of the molecule is Cc1ccnc(N(C)C2CCN(Cc3ccc4c(c3)OCCO4)C2)n1. The monoisotopic (exact) mass is 340 g/mol. The number of rotatable bonds is 4. The lowest BCUT2D eigenvalue weighted by Gasteiger charge is -2.25. The van der Waals surface area contributed by atoms with E-state index < -0.39 is 0 Å². The Hall–Kier alpha value is -2.34. The fourth-order valence-corrected chi connectivity index (χ4v) is 3.49. The van der Waals surface area contributed by atoms with Crippen molar-refractivity contribution in [3.05, 3.63) is 41.7 Å². The topological polar surface area (TPSA) is 50.7 Å². The Balaban J connectivity index is 1.39. The molecule has 0 radical (unpaired) electrons. The summed E-state index contributed by atoms with van der Waals surface area (Å²) < 4.78 is 11.3. The van der Waals surface area contributed by atoms with E-state index in [-0.39, 0.29) is 0 Å². The van der Waals surface area contributed by atoms with Crippen molar-refractivity contribution in [2.24, 2.45) is 0 Å². The molecule has 0 spiro atoms. The lowest BCUT2D eigenvalue weighted by molar-refractivity contribution is 0.171. The highest BCUT2D eigenvalue weighted by Gasteiger charge is 2.27. The quantitative estimate of drug-likeness (QED) is 0.851. The van der Waals surface area contributed by atoms with Crippen LogP contribution in [0.4, 0.5) is 5.95 Å². The molecule has 2 aromatic rings. The van der Waals surface area contributed by atoms with E-state index in [4.69, 9.17) is 9.47 Å². The van der Waals surface area contributed by atoms with Crippen molar-refractivity contribution in [3.63, 3.8) is 0 Å². The van der Waals surface area contributed by atoms with Gasteiger partial charge in [-0.2, -0.15) is 0 Å². The Morgan fingerprint density at radius 3 is 2.88 bits per heavy atom. The molecule has 2 aliphatic rings. The fourth-order valence-electron chi connectivity index (χ4n) is 3.49. The molecule has 1 unspecified atom stereocenters. The molecule has 0 amide bonds. The standard InChI is InChI=1S/C19H24N4O2/c1-14-5-7-20-19(21-14)22(2)16-6-8-23(13-16)12-15-3-4-17-18(11-15)25-10-9-24-17/h3-5,7,11,16H,6,8-10,12-13H2,1-2H3. The van der Waals surface area contributed by atoms with Crippen molar-refractivity contribution in [1.82, 2.24) is 14.9 Å². The van der Waals surface area contributed by atoms with E-state index >= 15 is 0 Å². The van der Waals surface area contributed by atoms with Gasteiger partial charge in [-0.1, -0.05) is 6.07 Å². The number of benzene rings is 1. The number of hydrogen-bond acceptors (Lipinski definition) is 6. The second-order valence-electron chi connectivity index (χ2n) is 6.76. The van der Waals surface area contributed by atoms with Gasteiger partial charge in [-0.15, -0.1) is 0 Å². The molecule has 1 aromatic carbocycles. The minimum atomic E-state index is 0.444. The van der Waals surface area contributed by atoms with E-state index in [0.717, 1.165) is 49.2 Å². The number of fused-ring (bicyclic) bond motifs is 1. The molecule has 6 nitrogen and oxygen atoms in total. The van der Waals surface area contributed by atoms with Crippen LogP contribution in [-0.2, 0) is 6.54 Å². The van der Waals surface area contributed by atoms with Crippen LogP contribution in [0.25, 0.3) is 0 Å². The lowest BCUT2D eigenvalue weighted by Crippen LogP contribution is -2.35. The Bertz CT molecular complexity index is 752. The number of likely N-dealkylation sites (N-methyl/N-ethyl adjacent to an activating group) is 1. The van der Waals surface area contributed by atoms with E-state index in [0.29, 0.717) is 19.3 Å². The molecule has 2 aliphatic heterocycles. The fraction of sp³-hybridized carbons (Fsp3) is 0.474. The maximum atomic E-state index is 5.69. The lowest BCUT2D eigenvalue weighted by atomic mass is 10.2. The molecular weight excluding hydrogens is 316 g/mol. The van der Waals surface area contributed by atoms with Gasteiger partial charge in [0.25, 0.3) is 0 Å². The Morgan fingerprint density at radius 2 is 2.04 bits per heavy atom. The summed E-state index contributed by atoms with van der Waals surface area (Å²) in [5, 5.41) is 0. The van der Waals surface area contributed by atoms with Crippen LogP contribution in [0.3, 0.4) is 0 Å². The van der Waals surface area contributed by atoms with Crippen LogP contribution in [0.15, 0.2) is 30.5 Å². The van der Waals surface area contributed by atoms with E-state index in [9.17, 15) is 0 Å². The van der Waals surface area contributed by atoms with Crippen LogP contribution in [0.1, 0.15) is 17.7 Å². The molecule has 1 atom stereocenters. The molecule has 0 N–H and O–H groups in total. The minimum absolute atomic E-state index is 0.444. The van der Waals surface area contributed by atoms with Crippen molar-refractivity contribution in [1.29, 1.82) is 0 Å². The minimum Gasteiger partial charge on any atom is -0.486 e. The summed E-state index contributed by atoms with van der Waals surface area (Å²) in [5.74, 6) is 2.53. The molecule has 1 saturated heterocycles. The van der Waals surface area contributed by atoms with Crippen LogP contribution >= 0.6 is 0 Å². The number of anilines is 1. The van der Waals surface area contributed by atoms with Gasteiger partial charge in [-0.25, -0.2) is 9.97 Å². The molecule has 0 aliphatic carbocycles. The predicted octanol–water partition coefficient (Wildman–Crippen LogP) is 2.27. The Labute approximate surface area is 148 Å². The first kappa shape index (κ1) is 16.1. The highest BCUT2D eigenvalue weighted by atomic mass is 16.6. The van der Waals surface area contributed by atoms with Gasteiger partial charge in [0.2, 0.25) is 5.95 Å². The molecule has 25 heavy (non-hydrogen) atoms. The Kier molecular flexibility index (Phi) is 4.44. The van der Waals surface area contributed by atoms with Gasteiger partial charge in [0, 0.05) is 44.6 Å². The summed E-state index contributed by atoms with van der Waals surface area (Å²) in [6, 6.07) is 8.63. The number of aromatic nitrogens is 2. The number of nitrogens with zero attached hydrogens (tertiary/aromatic N) is 4. The smallest absolute Gasteiger partial charge is 0.225 e. The summed E-state index contributed by atoms with van der Waals surface area (Å²) in [5.41, 5.74) is 2.27. The van der Waals surface area contributed by atoms with Crippen LogP contribution in [0.5, 0.6) is 11.5 Å². The average Bonchev–Trinajstić information content (AvgIpc) is 3.09. The molecule has 0 saturated carbocycles. The van der Waals surface area contributed by atoms with Crippen LogP contribution in [0.2, 0.25) is 0 Å². The van der Waals surface area contributed by atoms with Gasteiger partial charge in [0.15, 0.2) is 11.5 Å². The first-order valence-corrected chi connectivity index (χ1v) is 8.82. The van der Waals surface area contributed by atoms with Gasteiger partial charge in [-0.3, -0.25) is 4.90 Å². The van der Waals surface area contributed by atoms with Crippen molar-refractivity contribution < 1.29 is 9.47 Å². The number of aryl methyl sites for hydroxylation is 1. The summed E-state index contributed by atoms with van der Waals surface area (Å²) in [4.78, 5) is 13.6. The molecule has 3 heterocycles. The summed E-state index contributed by atoms with van der Waals surface area (Å²) in [7, 11) is 2.09. The normalized spacial score (nSPS) is 19.8. The average molecular weight is 340 g/mol. The third-order valence-corrected chi connectivity index (χ3v) is 4.91. The van der Waals surface area contributed by atoms with E-state index in [2.05, 4.69) is 38.9 Å². The van der Waals surface area contributed by atoms with E-state index in [1.165, 1.54) is 5.56 Å². The second kappa shape index (κ2) is 6.88. The highest BCUT2D eigenvalue weighted by molar-refractivity contribution is 5.43. The molecule has 132 valence electrons. The van der Waals surface area contributed by atoms with Crippen LogP contribution in [0, 0.1) is 6.92 Å². The molecule has 6 heteroatoms. The first-order valence-electron chi connectivity index (χ1n) is 8.82. The number of ether oxygens (including phenoxy) is 2. The summed E-state index contributed by atoms with van der Waals surface area (Å²) in [6.45, 7) is 6.28. The van der Waals surface area contributed by atoms with Crippen molar-refractivity contribution >= 4 is 5.95 Å². The molecule has 4 rings (SSSR count). The summed E-state index contributed by atoms with van der Waals surface area (Å²) in [6.07, 6.45) is 2.95. The zero-order valence-corrected chi connectivity index (χ0v) is 14.8. The maximum absolute atomic E-state index is 5.69. The first-order chi connectivity index (χ1) is 12.2. The summed E-state index contributed by atoms with van der Waals surface area (Å²) >= 11 is 0. The molecule has 1 fully saturated rings. The largest absolute Gasteiger partial charge is 0.486 e. The van der Waals surface area contributed by atoms with Gasteiger partial charge in [0.05, 0.1) is 0 Å². The van der Waals surface area contributed by atoms with E-state index in [1.54, 1.807) is 0 Å². The van der Waals surface area contributed by atoms with Crippen molar-refractivity contribution in [3.8, 4) is 11.5 Å². The zero-order chi connectivity index (χ0) is 17.2. The maximum Gasteiger partial charge on any atom is 0.225 e. The van der Waals surface area contributed by atoms with E-state index in [1.807, 2.05) is 25.3 Å². The molecule has 0 bridgehead atoms. The highest BCUT2D eigenvalue weighted by Crippen LogP contribution is 2.31. The second-order valence-corrected chi connectivity index (χ2v) is 6.76. The third-order valence-electron chi connectivity index (χ3n) is 4.91. The van der Waals surface area contributed by atoms with Gasteiger partial charge in [-0.05, 0) is 37.1 Å². The number of hydrogen-bond donors (Lipinski definition) is 0. The number of likely N-dealkylation sites (tertiary alicyclic amines) is 1. The Morgan fingerprint density at radius 1 is 1.20 bits per heavy atom. The van der Waals surface area contributed by atoms with Gasteiger partial charge < -0.3 is 14.4 Å². The van der Waals surface area contributed by atoms with Crippen molar-refractivity contribution in [2.45, 2.75) is 25.9 Å². The zero-order valence-electron chi connectivity index (χ0n) is 14.8. The van der Waals surface area contributed by atoms with Crippen LogP contribution in [-0.4, -0.2) is 54.3 Å².